The lowest BCUT2D eigenvalue weighted by atomic mass is 10.5. The quantitative estimate of drug-likeness (QED) is 0.306. The highest BCUT2D eigenvalue weighted by Crippen LogP contribution is 2.46. The van der Waals surface area contributed by atoms with Crippen LogP contribution in [0.3, 0.4) is 0 Å². The zero-order valence-electron chi connectivity index (χ0n) is 14.6. The molecule has 0 aromatic rings. The van der Waals surface area contributed by atoms with E-state index < -0.39 is 7.82 Å². The van der Waals surface area contributed by atoms with Crippen molar-refractivity contribution in [1.82, 2.24) is 31.8 Å². The van der Waals surface area contributed by atoms with Gasteiger partial charge >= 0.3 is 7.82 Å². The van der Waals surface area contributed by atoms with E-state index in [1.165, 1.54) is 0 Å². The van der Waals surface area contributed by atoms with Crippen LogP contribution in [0.2, 0.25) is 0 Å². The van der Waals surface area contributed by atoms with Crippen molar-refractivity contribution in [1.29, 1.82) is 0 Å². The molecular weight excluding hydrogens is 371 g/mol. The zero-order chi connectivity index (χ0) is 18.1. The van der Waals surface area contributed by atoms with E-state index in [1.54, 1.807) is 15.0 Å². The lowest BCUT2D eigenvalue weighted by molar-refractivity contribution is -0.134. The third-order valence-electron chi connectivity index (χ3n) is 3.88. The Kier molecular flexibility index (Phi) is 8.61. The van der Waals surface area contributed by atoms with Crippen LogP contribution >= 0.6 is 7.82 Å². The van der Waals surface area contributed by atoms with E-state index in [4.69, 9.17) is 28.1 Å². The maximum atomic E-state index is 12.9. The minimum absolute atomic E-state index is 0.556. The number of hydrogen-bond donors (Lipinski definition) is 3. The van der Waals surface area contributed by atoms with Crippen molar-refractivity contribution in [3.63, 3.8) is 0 Å². The van der Waals surface area contributed by atoms with Crippen LogP contribution in [0.25, 0.3) is 0 Å². The highest BCUT2D eigenvalue weighted by Gasteiger charge is 2.32. The van der Waals surface area contributed by atoms with Gasteiger partial charge in [-0.1, -0.05) is 0 Å². The molecular formula is C12H27N6O7P. The second kappa shape index (κ2) is 10.9. The van der Waals surface area contributed by atoms with Crippen LogP contribution in [0.1, 0.15) is 0 Å². The van der Waals surface area contributed by atoms with Gasteiger partial charge in [0.05, 0.1) is 39.6 Å². The molecule has 14 heteroatoms. The number of ether oxygens (including phenoxy) is 3. The smallest absolute Gasteiger partial charge is 0.379 e. The molecule has 0 radical (unpaired) electrons. The third-order valence-corrected chi connectivity index (χ3v) is 4.79. The second-order valence-electron chi connectivity index (χ2n) is 5.79. The van der Waals surface area contributed by atoms with Gasteiger partial charge in [0.25, 0.3) is 0 Å². The van der Waals surface area contributed by atoms with Crippen LogP contribution in [0.5, 0.6) is 0 Å². The van der Waals surface area contributed by atoms with Crippen molar-refractivity contribution in [3.8, 4) is 0 Å². The summed E-state index contributed by atoms with van der Waals surface area (Å²) >= 11 is 0. The number of nitrogens with one attached hydrogen (secondary N) is 3. The predicted octanol–water partition coefficient (Wildman–Crippen LogP) is -1.60. The summed E-state index contributed by atoms with van der Waals surface area (Å²) in [4.78, 5) is 0. The van der Waals surface area contributed by atoms with Crippen LogP contribution in [0, 0.1) is 0 Å². The highest BCUT2D eigenvalue weighted by atomic mass is 31.2. The Hall–Kier alpha value is -0.250. The van der Waals surface area contributed by atoms with Crippen molar-refractivity contribution in [2.45, 2.75) is 0 Å². The average molecular weight is 398 g/mol. The van der Waals surface area contributed by atoms with Crippen LogP contribution < -0.4 is 16.8 Å². The van der Waals surface area contributed by atoms with Crippen molar-refractivity contribution >= 4 is 7.82 Å². The van der Waals surface area contributed by atoms with Gasteiger partial charge in [-0.25, -0.2) is 19.6 Å². The normalized spacial score (nSPS) is 24.8. The summed E-state index contributed by atoms with van der Waals surface area (Å²) in [6.45, 7) is 6.88. The molecule has 26 heavy (non-hydrogen) atoms. The number of phosphoric acid groups is 1. The van der Waals surface area contributed by atoms with E-state index in [1.807, 2.05) is 0 Å². The average Bonchev–Trinajstić information content (AvgIpc) is 2.72. The first-order chi connectivity index (χ1) is 12.7. The zero-order valence-corrected chi connectivity index (χ0v) is 15.5. The molecule has 3 aliphatic rings. The first-order valence-electron chi connectivity index (χ1n) is 8.64. The topological polar surface area (TPSA) is 118 Å². The fraction of sp³-hybridized carbons (Fsp3) is 1.00. The SMILES string of the molecule is O=P(ONN1CCOCC1)(ONN1CCOCC1)ONN1CCOCC1. The number of nitrogens with zero attached hydrogens (tertiary/aromatic N) is 3. The Morgan fingerprint density at radius 3 is 1.12 bits per heavy atom. The molecule has 0 aromatic heterocycles. The molecule has 3 N–H and O–H groups in total. The van der Waals surface area contributed by atoms with Gasteiger partial charge in [-0.15, -0.1) is 16.8 Å². The van der Waals surface area contributed by atoms with Crippen molar-refractivity contribution in [2.24, 2.45) is 0 Å². The van der Waals surface area contributed by atoms with Crippen LogP contribution in [-0.2, 0) is 32.6 Å². The van der Waals surface area contributed by atoms with E-state index in [2.05, 4.69) is 16.8 Å². The Morgan fingerprint density at radius 1 is 0.577 bits per heavy atom. The van der Waals surface area contributed by atoms with E-state index in [-0.39, 0.29) is 0 Å². The molecule has 0 unspecified atom stereocenters. The van der Waals surface area contributed by atoms with Gasteiger partial charge in [0.1, 0.15) is 0 Å². The van der Waals surface area contributed by atoms with E-state index in [9.17, 15) is 4.57 Å². The molecule has 0 bridgehead atoms. The molecule has 0 spiro atoms. The van der Waals surface area contributed by atoms with Crippen LogP contribution in [-0.4, -0.2) is 93.9 Å². The fourth-order valence-electron chi connectivity index (χ4n) is 2.34. The van der Waals surface area contributed by atoms with Crippen LogP contribution in [0.15, 0.2) is 0 Å². The molecule has 3 rings (SSSR count). The van der Waals surface area contributed by atoms with Crippen LogP contribution in [0.4, 0.5) is 0 Å². The van der Waals surface area contributed by atoms with Gasteiger partial charge in [0, 0.05) is 39.3 Å². The molecule has 0 amide bonds. The lowest BCUT2D eigenvalue weighted by Gasteiger charge is -2.31. The molecule has 3 fully saturated rings. The van der Waals surface area contributed by atoms with Gasteiger partial charge in [-0.05, 0) is 0 Å². The maximum Gasteiger partial charge on any atom is 0.528 e. The first kappa shape index (κ1) is 20.5. The van der Waals surface area contributed by atoms with Crippen molar-refractivity contribution < 1.29 is 32.6 Å². The number of hydrogen-bond acceptors (Lipinski definition) is 13. The largest absolute Gasteiger partial charge is 0.528 e. The number of rotatable bonds is 9. The summed E-state index contributed by atoms with van der Waals surface area (Å²) in [7, 11) is -4.00. The molecule has 3 aliphatic heterocycles. The van der Waals surface area contributed by atoms with Crippen molar-refractivity contribution in [3.05, 3.63) is 0 Å². The Bertz CT molecular complexity index is 384. The van der Waals surface area contributed by atoms with E-state index >= 15 is 0 Å². The molecule has 0 aliphatic carbocycles. The van der Waals surface area contributed by atoms with Gasteiger partial charge in [0.15, 0.2) is 0 Å². The second-order valence-corrected chi connectivity index (χ2v) is 7.24. The minimum atomic E-state index is -4.00. The van der Waals surface area contributed by atoms with Gasteiger partial charge < -0.3 is 14.2 Å². The van der Waals surface area contributed by atoms with E-state index in [0.717, 1.165) is 0 Å². The summed E-state index contributed by atoms with van der Waals surface area (Å²) in [5.74, 6) is 0. The minimum Gasteiger partial charge on any atom is -0.379 e. The maximum absolute atomic E-state index is 12.9. The number of hydrazine groups is 3. The Morgan fingerprint density at radius 2 is 0.846 bits per heavy atom. The lowest BCUT2D eigenvalue weighted by Crippen LogP contribution is -2.49. The molecule has 3 heterocycles. The monoisotopic (exact) mass is 398 g/mol. The summed E-state index contributed by atoms with van der Waals surface area (Å²) in [5, 5.41) is 5.19. The third kappa shape index (κ3) is 7.05. The molecule has 0 atom stereocenters. The summed E-state index contributed by atoms with van der Waals surface area (Å²) in [5.41, 5.74) is 7.83. The van der Waals surface area contributed by atoms with Gasteiger partial charge in [-0.2, -0.15) is 13.9 Å². The summed E-state index contributed by atoms with van der Waals surface area (Å²) < 4.78 is 44.4. The van der Waals surface area contributed by atoms with Gasteiger partial charge in [-0.3, -0.25) is 0 Å². The molecule has 13 nitrogen and oxygen atoms in total. The predicted molar refractivity (Wildman–Crippen MR) is 87.4 cm³/mol. The number of morpholine rings is 3. The molecule has 0 saturated carbocycles. The van der Waals surface area contributed by atoms with E-state index in [0.29, 0.717) is 78.9 Å². The Balaban J connectivity index is 1.48. The molecule has 152 valence electrons. The first-order valence-corrected chi connectivity index (χ1v) is 10.1. The highest BCUT2D eigenvalue weighted by molar-refractivity contribution is 7.48. The summed E-state index contributed by atoms with van der Waals surface area (Å²) in [6.07, 6.45) is 0. The fourth-order valence-corrected chi connectivity index (χ4v) is 3.10. The molecule has 0 aromatic carbocycles. The van der Waals surface area contributed by atoms with Gasteiger partial charge in [0.2, 0.25) is 0 Å². The summed E-state index contributed by atoms with van der Waals surface area (Å²) in [6, 6.07) is 0. The molecule has 3 saturated heterocycles. The standard InChI is InChI=1S/C12H27N6O7P/c19-26(23-13-16-1-7-20-8-2-16,24-14-17-3-9-21-10-4-17)25-15-18-5-11-22-12-6-18/h13-15H,1-12H2. The Labute approximate surface area is 152 Å². The van der Waals surface area contributed by atoms with Crippen molar-refractivity contribution in [2.75, 3.05) is 78.9 Å².